The van der Waals surface area contributed by atoms with E-state index in [1.807, 2.05) is 0 Å². The second-order valence-corrected chi connectivity index (χ2v) is 6.22. The van der Waals surface area contributed by atoms with Crippen molar-refractivity contribution < 1.29 is 4.74 Å². The van der Waals surface area contributed by atoms with Gasteiger partial charge in [-0.3, -0.25) is 0 Å². The number of hydrogen-bond donors (Lipinski definition) is 1. The Balaban J connectivity index is 2.24. The minimum atomic E-state index is 0.189. The van der Waals surface area contributed by atoms with Gasteiger partial charge in [-0.15, -0.1) is 0 Å². The van der Waals surface area contributed by atoms with Crippen molar-refractivity contribution in [1.82, 2.24) is 5.32 Å². The Morgan fingerprint density at radius 3 is 2.47 bits per heavy atom. The standard InChI is InChI=1S/C17H27NO/c1-6-17(5)7-8-19-15(11-18-17)16-13(3)9-12(2)10-14(16)4/h9-10,15,18H,6-8,11H2,1-5H3. The molecule has 1 aromatic rings. The Kier molecular flexibility index (Phi) is 4.32. The Hall–Kier alpha value is -0.860. The highest BCUT2D eigenvalue weighted by Crippen LogP contribution is 2.29. The molecular formula is C17H27NO. The first-order valence-corrected chi connectivity index (χ1v) is 7.39. The molecule has 19 heavy (non-hydrogen) atoms. The summed E-state index contributed by atoms with van der Waals surface area (Å²) in [7, 11) is 0. The molecule has 1 fully saturated rings. The van der Waals surface area contributed by atoms with E-state index < -0.39 is 0 Å². The van der Waals surface area contributed by atoms with Crippen molar-refractivity contribution in [2.45, 2.75) is 59.1 Å². The van der Waals surface area contributed by atoms with Crippen molar-refractivity contribution in [2.75, 3.05) is 13.2 Å². The Bertz CT molecular complexity index is 432. The fraction of sp³-hybridized carbons (Fsp3) is 0.647. The van der Waals surface area contributed by atoms with Crippen LogP contribution in [-0.4, -0.2) is 18.7 Å². The molecule has 1 aliphatic heterocycles. The average molecular weight is 261 g/mol. The van der Waals surface area contributed by atoms with Crippen LogP contribution in [0.5, 0.6) is 0 Å². The molecule has 1 aromatic carbocycles. The molecular weight excluding hydrogens is 234 g/mol. The van der Waals surface area contributed by atoms with Crippen molar-refractivity contribution in [3.63, 3.8) is 0 Å². The zero-order valence-corrected chi connectivity index (χ0v) is 13.0. The molecule has 1 saturated heterocycles. The quantitative estimate of drug-likeness (QED) is 0.873. The van der Waals surface area contributed by atoms with E-state index in [9.17, 15) is 0 Å². The summed E-state index contributed by atoms with van der Waals surface area (Å²) in [4.78, 5) is 0. The molecule has 2 rings (SSSR count). The smallest absolute Gasteiger partial charge is 0.0954 e. The van der Waals surface area contributed by atoms with Gasteiger partial charge in [-0.05, 0) is 57.2 Å². The number of hydrogen-bond acceptors (Lipinski definition) is 2. The summed E-state index contributed by atoms with van der Waals surface area (Å²) in [6, 6.07) is 4.52. The molecule has 2 nitrogen and oxygen atoms in total. The van der Waals surface area contributed by atoms with Crippen LogP contribution in [0.25, 0.3) is 0 Å². The summed E-state index contributed by atoms with van der Waals surface area (Å²) in [5, 5.41) is 3.70. The molecule has 106 valence electrons. The van der Waals surface area contributed by atoms with Crippen LogP contribution in [0.4, 0.5) is 0 Å². The van der Waals surface area contributed by atoms with Gasteiger partial charge in [0.2, 0.25) is 0 Å². The summed E-state index contributed by atoms with van der Waals surface area (Å²) >= 11 is 0. The van der Waals surface area contributed by atoms with Crippen molar-refractivity contribution in [3.05, 3.63) is 34.4 Å². The molecule has 1 aliphatic rings. The normalized spacial score (nSPS) is 28.2. The van der Waals surface area contributed by atoms with Gasteiger partial charge in [-0.25, -0.2) is 0 Å². The van der Waals surface area contributed by atoms with Crippen LogP contribution in [0.2, 0.25) is 0 Å². The molecule has 2 unspecified atom stereocenters. The van der Waals surface area contributed by atoms with Crippen LogP contribution in [0.3, 0.4) is 0 Å². The van der Waals surface area contributed by atoms with E-state index >= 15 is 0 Å². The van der Waals surface area contributed by atoms with E-state index in [0.717, 1.165) is 26.0 Å². The lowest BCUT2D eigenvalue weighted by atomic mass is 9.93. The summed E-state index contributed by atoms with van der Waals surface area (Å²) in [5.74, 6) is 0. The maximum absolute atomic E-state index is 6.13. The lowest BCUT2D eigenvalue weighted by Crippen LogP contribution is -2.42. The monoisotopic (exact) mass is 261 g/mol. The molecule has 0 spiro atoms. The summed E-state index contributed by atoms with van der Waals surface area (Å²) in [6.07, 6.45) is 2.42. The van der Waals surface area contributed by atoms with Crippen LogP contribution in [-0.2, 0) is 4.74 Å². The molecule has 0 aromatic heterocycles. The highest BCUT2D eigenvalue weighted by Gasteiger charge is 2.28. The second-order valence-electron chi connectivity index (χ2n) is 6.22. The molecule has 2 heteroatoms. The van der Waals surface area contributed by atoms with E-state index in [1.54, 1.807) is 0 Å². The van der Waals surface area contributed by atoms with Crippen molar-refractivity contribution >= 4 is 0 Å². The SMILES string of the molecule is CCC1(C)CCOC(c2c(C)cc(C)cc2C)CN1. The van der Waals surface area contributed by atoms with Crippen LogP contribution in [0.1, 0.15) is 55.0 Å². The lowest BCUT2D eigenvalue weighted by molar-refractivity contribution is 0.0645. The van der Waals surface area contributed by atoms with Crippen molar-refractivity contribution in [3.8, 4) is 0 Å². The van der Waals surface area contributed by atoms with Gasteiger partial charge in [0.1, 0.15) is 0 Å². The first-order chi connectivity index (χ1) is 8.95. The van der Waals surface area contributed by atoms with Crippen molar-refractivity contribution in [2.24, 2.45) is 0 Å². The first kappa shape index (κ1) is 14.5. The molecule has 1 N–H and O–H groups in total. The predicted octanol–water partition coefficient (Wildman–Crippen LogP) is 3.83. The fourth-order valence-corrected chi connectivity index (χ4v) is 3.10. The predicted molar refractivity (Wildman–Crippen MR) is 80.7 cm³/mol. The largest absolute Gasteiger partial charge is 0.372 e. The van der Waals surface area contributed by atoms with Crippen LogP contribution >= 0.6 is 0 Å². The van der Waals surface area contributed by atoms with E-state index in [-0.39, 0.29) is 11.6 Å². The van der Waals surface area contributed by atoms with Gasteiger partial charge in [0.05, 0.1) is 6.10 Å². The molecule has 0 saturated carbocycles. The topological polar surface area (TPSA) is 21.3 Å². The van der Waals surface area contributed by atoms with Gasteiger partial charge in [0, 0.05) is 18.7 Å². The first-order valence-electron chi connectivity index (χ1n) is 7.39. The summed E-state index contributed by atoms with van der Waals surface area (Å²) < 4.78 is 6.13. The highest BCUT2D eigenvalue weighted by molar-refractivity contribution is 5.39. The van der Waals surface area contributed by atoms with Gasteiger partial charge in [0.25, 0.3) is 0 Å². The number of nitrogens with one attached hydrogen (secondary N) is 1. The minimum absolute atomic E-state index is 0.189. The molecule has 0 bridgehead atoms. The zero-order valence-electron chi connectivity index (χ0n) is 13.0. The van der Waals surface area contributed by atoms with Crippen LogP contribution in [0.15, 0.2) is 12.1 Å². The molecule has 0 amide bonds. The van der Waals surface area contributed by atoms with Gasteiger partial charge < -0.3 is 10.1 Å². The van der Waals surface area contributed by atoms with E-state index in [2.05, 4.69) is 52.1 Å². The number of rotatable bonds is 2. The maximum Gasteiger partial charge on any atom is 0.0954 e. The third-order valence-corrected chi connectivity index (χ3v) is 4.53. The molecule has 0 aliphatic carbocycles. The minimum Gasteiger partial charge on any atom is -0.372 e. The molecule has 0 radical (unpaired) electrons. The Labute approximate surface area is 117 Å². The van der Waals surface area contributed by atoms with Gasteiger partial charge in [0.15, 0.2) is 0 Å². The molecule has 2 atom stereocenters. The fourth-order valence-electron chi connectivity index (χ4n) is 3.10. The summed E-state index contributed by atoms with van der Waals surface area (Å²) in [6.45, 7) is 12.8. The van der Waals surface area contributed by atoms with Crippen LogP contribution in [0, 0.1) is 20.8 Å². The van der Waals surface area contributed by atoms with Gasteiger partial charge in [-0.1, -0.05) is 24.6 Å². The number of benzene rings is 1. The van der Waals surface area contributed by atoms with Gasteiger partial charge in [-0.2, -0.15) is 0 Å². The number of ether oxygens (including phenoxy) is 1. The Morgan fingerprint density at radius 2 is 1.89 bits per heavy atom. The average Bonchev–Trinajstić information content (AvgIpc) is 2.52. The third kappa shape index (κ3) is 3.18. The van der Waals surface area contributed by atoms with E-state index in [0.29, 0.717) is 0 Å². The lowest BCUT2D eigenvalue weighted by Gasteiger charge is -2.27. The van der Waals surface area contributed by atoms with Crippen molar-refractivity contribution in [1.29, 1.82) is 0 Å². The Morgan fingerprint density at radius 1 is 1.26 bits per heavy atom. The van der Waals surface area contributed by atoms with E-state index in [4.69, 9.17) is 4.74 Å². The second kappa shape index (κ2) is 5.64. The van der Waals surface area contributed by atoms with Gasteiger partial charge >= 0.3 is 0 Å². The van der Waals surface area contributed by atoms with Crippen LogP contribution < -0.4 is 5.32 Å². The summed E-state index contributed by atoms with van der Waals surface area (Å²) in [5.41, 5.74) is 5.63. The highest BCUT2D eigenvalue weighted by atomic mass is 16.5. The zero-order chi connectivity index (χ0) is 14.0. The molecule has 1 heterocycles. The number of aryl methyl sites for hydroxylation is 3. The van der Waals surface area contributed by atoms with E-state index in [1.165, 1.54) is 22.3 Å². The maximum atomic E-state index is 6.13. The third-order valence-electron chi connectivity index (χ3n) is 4.53.